The molecule has 1 heterocycles. The molecule has 6 N–H and O–H groups in total. The summed E-state index contributed by atoms with van der Waals surface area (Å²) in [5.74, 6) is 0.225. The lowest BCUT2D eigenvalue weighted by Crippen LogP contribution is -2.64. The maximum absolute atomic E-state index is 12.9. The second-order valence-electron chi connectivity index (χ2n) is 13.6. The fourth-order valence-corrected chi connectivity index (χ4v) is 7.73. The molecule has 0 aromatic rings. The van der Waals surface area contributed by atoms with Crippen LogP contribution in [-0.4, -0.2) is 116 Å². The lowest BCUT2D eigenvalue weighted by molar-refractivity contribution is -0.270. The molecule has 1 aliphatic heterocycles. The summed E-state index contributed by atoms with van der Waals surface area (Å²) in [6, 6.07) is 1.31. The van der Waals surface area contributed by atoms with Gasteiger partial charge in [0.1, 0.15) is 32.6 Å². The predicted octanol–water partition coefficient (Wildman–Crippen LogP) is 2.78. The highest BCUT2D eigenvalue weighted by molar-refractivity contribution is 8.47. The van der Waals surface area contributed by atoms with E-state index in [1.54, 1.807) is 6.92 Å². The number of carbonyl (C=O) groups is 3. The van der Waals surface area contributed by atoms with Gasteiger partial charge in [0.2, 0.25) is 17.7 Å². The van der Waals surface area contributed by atoms with Crippen LogP contribution >= 0.6 is 35.7 Å². The molecule has 0 spiro atoms. The van der Waals surface area contributed by atoms with E-state index in [2.05, 4.69) is 22.0 Å². The number of aliphatic hydroxyl groups is 3. The summed E-state index contributed by atoms with van der Waals surface area (Å²) in [6.45, 7) is 13.8. The number of amides is 3. The molecule has 16 heteroatoms. The van der Waals surface area contributed by atoms with Crippen molar-refractivity contribution in [2.24, 2.45) is 5.41 Å². The molecule has 0 aromatic carbocycles. The molecule has 0 saturated carbocycles. The monoisotopic (exact) mass is 750 g/mol. The van der Waals surface area contributed by atoms with E-state index in [1.807, 2.05) is 34.6 Å². The zero-order chi connectivity index (χ0) is 37.3. The first-order valence-corrected chi connectivity index (χ1v) is 19.1. The molecule has 13 nitrogen and oxygen atoms in total. The molecule has 1 rings (SSSR count). The van der Waals surface area contributed by atoms with Crippen molar-refractivity contribution in [1.82, 2.24) is 16.0 Å². The van der Waals surface area contributed by atoms with Crippen LogP contribution in [0.1, 0.15) is 93.4 Å². The van der Waals surface area contributed by atoms with Crippen LogP contribution in [0, 0.1) is 16.7 Å². The van der Waals surface area contributed by atoms with Crippen LogP contribution in [0.25, 0.3) is 0 Å². The Kier molecular flexibility index (Phi) is 20.8. The minimum Gasteiger partial charge on any atom is -0.394 e. The van der Waals surface area contributed by atoms with E-state index in [-0.39, 0.29) is 24.8 Å². The molecule has 1 fully saturated rings. The second kappa shape index (κ2) is 22.4. The maximum Gasteiger partial charge on any atom is 0.225 e. The van der Waals surface area contributed by atoms with Gasteiger partial charge in [0.15, 0.2) is 6.29 Å². The Labute approximate surface area is 305 Å². The predicted molar refractivity (Wildman–Crippen MR) is 196 cm³/mol. The van der Waals surface area contributed by atoms with Crippen molar-refractivity contribution in [3.8, 4) is 6.07 Å². The van der Waals surface area contributed by atoms with Crippen molar-refractivity contribution in [3.63, 3.8) is 0 Å². The van der Waals surface area contributed by atoms with E-state index in [0.717, 1.165) is 12.2 Å². The Balaban J connectivity index is 2.32. The summed E-state index contributed by atoms with van der Waals surface area (Å²) in [7, 11) is 0. The first-order valence-electron chi connectivity index (χ1n) is 16.9. The van der Waals surface area contributed by atoms with Crippen molar-refractivity contribution in [3.05, 3.63) is 0 Å². The molecule has 6 atom stereocenters. The summed E-state index contributed by atoms with van der Waals surface area (Å²) in [6.07, 6.45) is -0.974. The summed E-state index contributed by atoms with van der Waals surface area (Å²) in [5.41, 5.74) is -1.16. The van der Waals surface area contributed by atoms with Gasteiger partial charge in [-0.2, -0.15) is 5.26 Å². The van der Waals surface area contributed by atoms with Crippen molar-refractivity contribution < 1.29 is 43.9 Å². The van der Waals surface area contributed by atoms with Gasteiger partial charge in [0, 0.05) is 45.1 Å². The molecule has 49 heavy (non-hydrogen) atoms. The van der Waals surface area contributed by atoms with Crippen LogP contribution in [0.3, 0.4) is 0 Å². The van der Waals surface area contributed by atoms with E-state index in [4.69, 9.17) is 26.4 Å². The zero-order valence-electron chi connectivity index (χ0n) is 30.0. The molecular formula is C33H58N4O9S3. The number of hydrogen-bond acceptors (Lipinski definition) is 13. The number of aliphatic hydroxyl groups excluding tert-OH is 3. The number of carbonyl (C=O) groups excluding carboxylic acids is 3. The van der Waals surface area contributed by atoms with Crippen LogP contribution in [0.5, 0.6) is 0 Å². The number of rotatable bonds is 22. The van der Waals surface area contributed by atoms with Crippen LogP contribution in [0.2, 0.25) is 0 Å². The molecule has 0 aromatic heterocycles. The summed E-state index contributed by atoms with van der Waals surface area (Å²) in [5, 5.41) is 47.9. The van der Waals surface area contributed by atoms with Gasteiger partial charge in [0.05, 0.1) is 18.3 Å². The Bertz CT molecular complexity index is 1110. The minimum atomic E-state index is -1.36. The number of hydrogen-bond donors (Lipinski definition) is 6. The van der Waals surface area contributed by atoms with Crippen LogP contribution in [-0.2, 0) is 28.6 Å². The second-order valence-corrected chi connectivity index (χ2v) is 17.6. The quantitative estimate of drug-likeness (QED) is 0.0698. The number of thioether (sulfide) groups is 2. The highest BCUT2D eigenvalue weighted by atomic mass is 32.2. The molecular weight excluding hydrogens is 693 g/mol. The summed E-state index contributed by atoms with van der Waals surface area (Å²) in [4.78, 5) is 36.8. The third-order valence-electron chi connectivity index (χ3n) is 8.16. The first-order chi connectivity index (χ1) is 22.9. The van der Waals surface area contributed by atoms with E-state index in [1.165, 1.54) is 30.4 Å². The van der Waals surface area contributed by atoms with Gasteiger partial charge in [0.25, 0.3) is 0 Å². The number of nitrogens with one attached hydrogen (secondary N) is 3. The number of nitrogens with zero attached hydrogens (tertiary/aromatic N) is 1. The first kappa shape index (κ1) is 45.5. The molecule has 0 radical (unpaired) electrons. The van der Waals surface area contributed by atoms with Gasteiger partial charge in [-0.3, -0.25) is 14.4 Å². The van der Waals surface area contributed by atoms with E-state index in [9.17, 15) is 35.0 Å². The van der Waals surface area contributed by atoms with Gasteiger partial charge in [-0.1, -0.05) is 44.8 Å². The average Bonchev–Trinajstić information content (AvgIpc) is 3.02. The highest BCUT2D eigenvalue weighted by Gasteiger charge is 2.45. The SMILES string of the molecule is CCSC(=S)SC(C)(C#N)CCC(=O)NCCC(C)(C)OCCC(C)(C)C(=O)NCCCCCO[C@@H]1O[C@H](CO)[C@H](O)[C@H](O)[C@H]1NC(C)=O. The normalized spacial score (nSPS) is 22.4. The standard InChI is InChI=1S/C33H58N4O9S3/c1-8-48-30(47)49-33(7,21-34)13-12-24(40)35-17-14-32(5,6)45-19-15-31(3,4)29(43)36-16-10-9-11-18-44-28-25(37-22(2)39)27(42)26(41)23(20-38)46-28/h23,25-28,38,41-42H,8-20H2,1-7H3,(H,35,40)(H,36,43)(H,37,39)/t23-,25-,26+,27-,28-,33?/m1/s1. The van der Waals surface area contributed by atoms with Gasteiger partial charge < -0.3 is 45.5 Å². The highest BCUT2D eigenvalue weighted by Crippen LogP contribution is 2.34. The van der Waals surface area contributed by atoms with Gasteiger partial charge in [-0.05, 0) is 65.0 Å². The topological polar surface area (TPSA) is 199 Å². The Hall–Kier alpha value is -1.55. The van der Waals surface area contributed by atoms with Crippen molar-refractivity contribution in [2.75, 3.05) is 38.7 Å². The number of unbranched alkanes of at least 4 members (excludes halogenated alkanes) is 2. The van der Waals surface area contributed by atoms with Gasteiger partial charge in [-0.25, -0.2) is 0 Å². The third kappa shape index (κ3) is 17.5. The largest absolute Gasteiger partial charge is 0.394 e. The lowest BCUT2D eigenvalue weighted by Gasteiger charge is -2.42. The average molecular weight is 751 g/mol. The molecule has 3 amide bonds. The van der Waals surface area contributed by atoms with Crippen molar-refractivity contribution in [1.29, 1.82) is 5.26 Å². The molecule has 1 saturated heterocycles. The smallest absolute Gasteiger partial charge is 0.225 e. The summed E-state index contributed by atoms with van der Waals surface area (Å²) >= 11 is 8.17. The van der Waals surface area contributed by atoms with E-state index >= 15 is 0 Å². The van der Waals surface area contributed by atoms with Crippen LogP contribution < -0.4 is 16.0 Å². The van der Waals surface area contributed by atoms with E-state index in [0.29, 0.717) is 55.3 Å². The van der Waals surface area contributed by atoms with Crippen LogP contribution in [0.4, 0.5) is 0 Å². The molecule has 0 aliphatic carbocycles. The molecule has 1 aliphatic rings. The number of nitriles is 1. The molecule has 1 unspecified atom stereocenters. The fraction of sp³-hybridized carbons (Fsp3) is 0.848. The molecule has 282 valence electrons. The zero-order valence-corrected chi connectivity index (χ0v) is 32.5. The Morgan fingerprint density at radius 3 is 2.29 bits per heavy atom. The maximum atomic E-state index is 12.9. The van der Waals surface area contributed by atoms with Gasteiger partial charge >= 0.3 is 0 Å². The third-order valence-corrected chi connectivity index (χ3v) is 10.8. The van der Waals surface area contributed by atoms with Crippen LogP contribution in [0.15, 0.2) is 0 Å². The molecule has 0 bridgehead atoms. The minimum absolute atomic E-state index is 0.0784. The number of thiocarbonyl (C=S) groups is 1. The van der Waals surface area contributed by atoms with E-state index < -0.39 is 58.9 Å². The van der Waals surface area contributed by atoms with Gasteiger partial charge in [-0.15, -0.1) is 11.8 Å². The Morgan fingerprint density at radius 2 is 1.67 bits per heavy atom. The number of ether oxygens (including phenoxy) is 3. The lowest BCUT2D eigenvalue weighted by atomic mass is 9.88. The van der Waals surface area contributed by atoms with Crippen molar-refractivity contribution in [2.45, 2.75) is 134 Å². The Morgan fingerprint density at radius 1 is 0.980 bits per heavy atom. The summed E-state index contributed by atoms with van der Waals surface area (Å²) < 4.78 is 17.3. The fourth-order valence-electron chi connectivity index (χ4n) is 4.83. The van der Waals surface area contributed by atoms with Crippen molar-refractivity contribution >= 4 is 57.0 Å².